The molecule has 0 saturated carbocycles. The summed E-state index contributed by atoms with van der Waals surface area (Å²) in [5.74, 6) is 1.32. The number of thioether (sulfide) groups is 1. The number of carbonyl (C=O) groups excluding carboxylic acids is 1. The summed E-state index contributed by atoms with van der Waals surface area (Å²) in [4.78, 5) is 12.6. The minimum Gasteiger partial charge on any atom is -0.476 e. The Balaban J connectivity index is 1.72. The predicted molar refractivity (Wildman–Crippen MR) is 107 cm³/mol. The lowest BCUT2D eigenvalue weighted by atomic mass is 10.2. The molecule has 0 bridgehead atoms. The minimum absolute atomic E-state index is 0.102. The maximum Gasteiger partial charge on any atom is 0.269 e. The van der Waals surface area contributed by atoms with Gasteiger partial charge in [0.25, 0.3) is 5.91 Å². The second-order valence-corrected chi connectivity index (χ2v) is 10.6. The maximum atomic E-state index is 12.6. The van der Waals surface area contributed by atoms with Crippen molar-refractivity contribution in [2.45, 2.75) is 24.3 Å². The topological polar surface area (TPSA) is 101 Å². The van der Waals surface area contributed by atoms with Crippen molar-refractivity contribution in [1.82, 2.24) is 10.2 Å². The monoisotopic (exact) mass is 428 g/mol. The van der Waals surface area contributed by atoms with E-state index < -0.39 is 22.0 Å². The Morgan fingerprint density at radius 2 is 2.15 bits per heavy atom. The zero-order valence-corrected chi connectivity index (χ0v) is 17.5. The molecule has 1 aromatic heterocycles. The number of para-hydroxylation sites is 2. The van der Waals surface area contributed by atoms with Gasteiger partial charge in [-0.05, 0) is 18.1 Å². The number of anilines is 2. The van der Waals surface area contributed by atoms with Gasteiger partial charge in [0.2, 0.25) is 15.2 Å². The number of benzene rings is 1. The number of carbonyl (C=O) groups is 1. The Hall–Kier alpha value is -1.85. The lowest BCUT2D eigenvalue weighted by Crippen LogP contribution is -2.48. The van der Waals surface area contributed by atoms with Crippen LogP contribution in [0.2, 0.25) is 0 Å². The Morgan fingerprint density at radius 3 is 2.85 bits per heavy atom. The lowest BCUT2D eigenvalue weighted by Gasteiger charge is -2.33. The summed E-state index contributed by atoms with van der Waals surface area (Å²) in [5.41, 5.74) is 0.423. The van der Waals surface area contributed by atoms with Crippen LogP contribution in [0.5, 0.6) is 5.75 Å². The van der Waals surface area contributed by atoms with Gasteiger partial charge in [-0.2, -0.15) is 0 Å². The number of aromatic nitrogens is 2. The van der Waals surface area contributed by atoms with Crippen LogP contribution in [0.25, 0.3) is 0 Å². The van der Waals surface area contributed by atoms with Gasteiger partial charge in [-0.15, -0.1) is 10.2 Å². The summed E-state index contributed by atoms with van der Waals surface area (Å²) in [5, 5.41) is 11.0. The van der Waals surface area contributed by atoms with Crippen molar-refractivity contribution in [3.8, 4) is 5.75 Å². The van der Waals surface area contributed by atoms with E-state index in [4.69, 9.17) is 4.74 Å². The Bertz CT molecular complexity index is 929. The van der Waals surface area contributed by atoms with Crippen molar-refractivity contribution < 1.29 is 17.9 Å². The lowest BCUT2D eigenvalue weighted by molar-refractivity contribution is -0.122. The first-order chi connectivity index (χ1) is 12.7. The average molecular weight is 429 g/mol. The molecule has 1 amide bonds. The molecule has 8 nitrogen and oxygen atoms in total. The van der Waals surface area contributed by atoms with E-state index in [0.29, 0.717) is 22.5 Å². The van der Waals surface area contributed by atoms with Crippen LogP contribution in [0.4, 0.5) is 10.8 Å². The minimum atomic E-state index is -3.55. The number of nitrogens with one attached hydrogen (secondary N) is 1. The summed E-state index contributed by atoms with van der Waals surface area (Å²) in [6.45, 7) is 4.13. The van der Waals surface area contributed by atoms with E-state index in [1.54, 1.807) is 36.0 Å². The molecule has 3 rings (SSSR count). The van der Waals surface area contributed by atoms with Crippen molar-refractivity contribution in [3.05, 3.63) is 24.3 Å². The molecular weight excluding hydrogens is 408 g/mol. The average Bonchev–Trinajstić information content (AvgIpc) is 3.05. The van der Waals surface area contributed by atoms with E-state index in [9.17, 15) is 13.2 Å². The predicted octanol–water partition coefficient (Wildman–Crippen LogP) is 2.45. The second-order valence-electron chi connectivity index (χ2n) is 6.44. The van der Waals surface area contributed by atoms with Crippen LogP contribution in [-0.4, -0.2) is 49.2 Å². The van der Waals surface area contributed by atoms with Crippen molar-refractivity contribution in [2.24, 2.45) is 5.92 Å². The Labute approximate surface area is 166 Å². The molecule has 0 unspecified atom stereocenters. The van der Waals surface area contributed by atoms with E-state index in [0.717, 1.165) is 16.3 Å². The smallest absolute Gasteiger partial charge is 0.269 e. The third-order valence-electron chi connectivity index (χ3n) is 3.60. The van der Waals surface area contributed by atoms with Crippen LogP contribution >= 0.6 is 23.1 Å². The number of sulfonamides is 1. The molecule has 1 atom stereocenters. The third-order valence-corrected chi connectivity index (χ3v) is 7.15. The van der Waals surface area contributed by atoms with E-state index in [-0.39, 0.29) is 6.54 Å². The number of rotatable bonds is 6. The molecule has 1 N–H and O–H groups in total. The van der Waals surface area contributed by atoms with Crippen LogP contribution < -0.4 is 14.4 Å². The fourth-order valence-corrected chi connectivity index (χ4v) is 5.04. The number of ether oxygens (including phenoxy) is 1. The molecule has 1 aromatic carbocycles. The number of amides is 1. The van der Waals surface area contributed by atoms with Crippen LogP contribution in [0.15, 0.2) is 28.6 Å². The third kappa shape index (κ3) is 4.90. The summed E-state index contributed by atoms with van der Waals surface area (Å²) >= 11 is 2.86. The summed E-state index contributed by atoms with van der Waals surface area (Å²) < 4.78 is 31.9. The van der Waals surface area contributed by atoms with Gasteiger partial charge in [0, 0.05) is 5.75 Å². The molecule has 0 spiro atoms. The first-order valence-electron chi connectivity index (χ1n) is 8.24. The fourth-order valence-electron chi connectivity index (χ4n) is 2.40. The van der Waals surface area contributed by atoms with Gasteiger partial charge in [0.05, 0.1) is 18.5 Å². The Morgan fingerprint density at radius 1 is 1.41 bits per heavy atom. The van der Waals surface area contributed by atoms with Gasteiger partial charge >= 0.3 is 0 Å². The molecule has 11 heteroatoms. The standard InChI is InChI=1S/C16H20N4O4S3/c1-10(2)9-25-16-19-18-15(26-16)17-14(21)13-8-20(27(3,22)23)11-6-4-5-7-12(11)24-13/h4-7,10,13H,8-9H2,1-3H3,(H,17,18,21)/t13-/m1/s1. The molecule has 0 radical (unpaired) electrons. The van der Waals surface area contributed by atoms with Crippen molar-refractivity contribution in [1.29, 1.82) is 0 Å². The largest absolute Gasteiger partial charge is 0.476 e. The molecule has 27 heavy (non-hydrogen) atoms. The highest BCUT2D eigenvalue weighted by Crippen LogP contribution is 2.35. The number of fused-ring (bicyclic) bond motifs is 1. The summed E-state index contributed by atoms with van der Waals surface area (Å²) in [6.07, 6.45) is 0.123. The SMILES string of the molecule is CC(C)CSc1nnc(NC(=O)[C@H]2CN(S(C)(=O)=O)c3ccccc3O2)s1. The fraction of sp³-hybridized carbons (Fsp3) is 0.438. The summed E-state index contributed by atoms with van der Waals surface area (Å²) in [7, 11) is -3.55. The molecule has 0 fully saturated rings. The van der Waals surface area contributed by atoms with Gasteiger partial charge < -0.3 is 4.74 Å². The Kier molecular flexibility index (Phi) is 5.92. The second kappa shape index (κ2) is 8.03. The van der Waals surface area contributed by atoms with Gasteiger partial charge in [-0.1, -0.05) is 49.1 Å². The van der Waals surface area contributed by atoms with Crippen LogP contribution in [0, 0.1) is 5.92 Å². The highest BCUT2D eigenvalue weighted by atomic mass is 32.2. The van der Waals surface area contributed by atoms with Crippen molar-refractivity contribution in [3.63, 3.8) is 0 Å². The van der Waals surface area contributed by atoms with Crippen LogP contribution in [-0.2, 0) is 14.8 Å². The quantitative estimate of drug-likeness (QED) is 0.557. The highest BCUT2D eigenvalue weighted by molar-refractivity contribution is 8.01. The zero-order valence-electron chi connectivity index (χ0n) is 15.1. The van der Waals surface area contributed by atoms with Crippen molar-refractivity contribution in [2.75, 3.05) is 28.2 Å². The molecule has 2 heterocycles. The van der Waals surface area contributed by atoms with E-state index in [1.807, 2.05) is 0 Å². The normalized spacial score (nSPS) is 16.7. The molecule has 1 aliphatic rings. The molecule has 0 saturated heterocycles. The first kappa shape index (κ1) is 19.9. The zero-order chi connectivity index (χ0) is 19.6. The van der Waals surface area contributed by atoms with Gasteiger partial charge in [-0.3, -0.25) is 14.4 Å². The molecule has 146 valence electrons. The molecular formula is C16H20N4O4S3. The highest BCUT2D eigenvalue weighted by Gasteiger charge is 2.35. The van der Waals surface area contributed by atoms with Crippen LogP contribution in [0.3, 0.4) is 0 Å². The van der Waals surface area contributed by atoms with Crippen molar-refractivity contribution >= 4 is 49.8 Å². The number of nitrogens with zero attached hydrogens (tertiary/aromatic N) is 3. The molecule has 1 aliphatic heterocycles. The van der Waals surface area contributed by atoms with Gasteiger partial charge in [0.15, 0.2) is 10.4 Å². The van der Waals surface area contributed by atoms with Gasteiger partial charge in [-0.25, -0.2) is 8.42 Å². The van der Waals surface area contributed by atoms with Crippen LogP contribution in [0.1, 0.15) is 13.8 Å². The first-order valence-corrected chi connectivity index (χ1v) is 11.9. The summed E-state index contributed by atoms with van der Waals surface area (Å²) in [6, 6.07) is 6.73. The van der Waals surface area contributed by atoms with E-state index >= 15 is 0 Å². The molecule has 0 aliphatic carbocycles. The van der Waals surface area contributed by atoms with E-state index in [2.05, 4.69) is 29.4 Å². The molecule has 2 aromatic rings. The number of hydrogen-bond acceptors (Lipinski definition) is 8. The number of hydrogen-bond donors (Lipinski definition) is 1. The van der Waals surface area contributed by atoms with E-state index in [1.165, 1.54) is 15.6 Å². The van der Waals surface area contributed by atoms with Gasteiger partial charge in [0.1, 0.15) is 5.75 Å². The maximum absolute atomic E-state index is 12.6.